The largest absolute Gasteiger partial charge is 0.376 e. The van der Waals surface area contributed by atoms with Crippen molar-refractivity contribution in [2.75, 3.05) is 26.2 Å². The summed E-state index contributed by atoms with van der Waals surface area (Å²) in [5, 5.41) is 3.50. The molecule has 0 aromatic carbocycles. The standard InChI is InChI=1S/C13H26N2O/c1-9(2)14-5-13-12-7-15(10(3)4)6-11(12)8-16-13/h9-14H,5-8H2,1-4H3. The molecule has 2 heterocycles. The van der Waals surface area contributed by atoms with Crippen molar-refractivity contribution in [3.63, 3.8) is 0 Å². The van der Waals surface area contributed by atoms with Crippen LogP contribution in [0.5, 0.6) is 0 Å². The zero-order valence-corrected chi connectivity index (χ0v) is 11.1. The molecule has 0 aromatic rings. The Morgan fingerprint density at radius 3 is 2.62 bits per heavy atom. The first-order valence-electron chi connectivity index (χ1n) is 6.67. The summed E-state index contributed by atoms with van der Waals surface area (Å²) in [5.41, 5.74) is 0. The van der Waals surface area contributed by atoms with E-state index in [1.165, 1.54) is 13.1 Å². The van der Waals surface area contributed by atoms with Gasteiger partial charge in [-0.25, -0.2) is 0 Å². The third-order valence-corrected chi connectivity index (χ3v) is 3.98. The highest BCUT2D eigenvalue weighted by Crippen LogP contribution is 2.34. The van der Waals surface area contributed by atoms with Crippen LogP contribution in [0.15, 0.2) is 0 Å². The molecular weight excluding hydrogens is 200 g/mol. The fourth-order valence-corrected chi connectivity index (χ4v) is 2.88. The molecule has 1 N–H and O–H groups in total. The van der Waals surface area contributed by atoms with Crippen LogP contribution in [-0.4, -0.2) is 49.3 Å². The quantitative estimate of drug-likeness (QED) is 0.783. The van der Waals surface area contributed by atoms with Gasteiger partial charge in [0.1, 0.15) is 0 Å². The first kappa shape index (κ1) is 12.3. The maximum atomic E-state index is 5.91. The van der Waals surface area contributed by atoms with E-state index in [9.17, 15) is 0 Å². The van der Waals surface area contributed by atoms with E-state index in [1.54, 1.807) is 0 Å². The maximum Gasteiger partial charge on any atom is 0.0743 e. The van der Waals surface area contributed by atoms with Crippen molar-refractivity contribution >= 4 is 0 Å². The van der Waals surface area contributed by atoms with Crippen LogP contribution in [0.1, 0.15) is 27.7 Å². The molecule has 2 rings (SSSR count). The first-order valence-corrected chi connectivity index (χ1v) is 6.67. The van der Waals surface area contributed by atoms with Gasteiger partial charge < -0.3 is 15.0 Å². The Labute approximate surface area is 99.5 Å². The summed E-state index contributed by atoms with van der Waals surface area (Å²) in [5.74, 6) is 1.54. The Bertz CT molecular complexity index is 230. The predicted octanol–water partition coefficient (Wildman–Crippen LogP) is 1.34. The zero-order valence-electron chi connectivity index (χ0n) is 11.1. The Balaban J connectivity index is 1.85. The van der Waals surface area contributed by atoms with Gasteiger partial charge in [-0.05, 0) is 13.8 Å². The molecule has 16 heavy (non-hydrogen) atoms. The Kier molecular flexibility index (Phi) is 3.88. The lowest BCUT2D eigenvalue weighted by Gasteiger charge is -2.24. The molecule has 0 amide bonds. The number of hydrogen-bond acceptors (Lipinski definition) is 3. The van der Waals surface area contributed by atoms with E-state index >= 15 is 0 Å². The second-order valence-electron chi connectivity index (χ2n) is 5.91. The number of hydrogen-bond donors (Lipinski definition) is 1. The molecule has 2 saturated heterocycles. The highest BCUT2D eigenvalue weighted by molar-refractivity contribution is 4.94. The van der Waals surface area contributed by atoms with Gasteiger partial charge in [-0.3, -0.25) is 0 Å². The van der Waals surface area contributed by atoms with Crippen LogP contribution in [0.3, 0.4) is 0 Å². The van der Waals surface area contributed by atoms with Gasteiger partial charge in [0.2, 0.25) is 0 Å². The molecule has 3 unspecified atom stereocenters. The monoisotopic (exact) mass is 226 g/mol. The minimum absolute atomic E-state index is 0.441. The van der Waals surface area contributed by atoms with Crippen molar-refractivity contribution in [2.24, 2.45) is 11.8 Å². The number of ether oxygens (including phenoxy) is 1. The first-order chi connectivity index (χ1) is 7.58. The van der Waals surface area contributed by atoms with E-state index in [1.807, 2.05) is 0 Å². The maximum absolute atomic E-state index is 5.91. The third-order valence-electron chi connectivity index (χ3n) is 3.98. The Morgan fingerprint density at radius 1 is 1.25 bits per heavy atom. The molecule has 0 saturated carbocycles. The Morgan fingerprint density at radius 2 is 2.00 bits per heavy atom. The van der Waals surface area contributed by atoms with Crippen molar-refractivity contribution in [3.8, 4) is 0 Å². The number of nitrogens with zero attached hydrogens (tertiary/aromatic N) is 1. The summed E-state index contributed by atoms with van der Waals surface area (Å²) in [6, 6.07) is 1.24. The molecule has 94 valence electrons. The van der Waals surface area contributed by atoms with Gasteiger partial charge in [0.25, 0.3) is 0 Å². The predicted molar refractivity (Wildman–Crippen MR) is 66.6 cm³/mol. The highest BCUT2D eigenvalue weighted by Gasteiger charge is 2.43. The van der Waals surface area contributed by atoms with Gasteiger partial charge in [-0.1, -0.05) is 13.8 Å². The summed E-state index contributed by atoms with van der Waals surface area (Å²) in [6.07, 6.45) is 0.441. The van der Waals surface area contributed by atoms with Gasteiger partial charge in [-0.2, -0.15) is 0 Å². The minimum atomic E-state index is 0.441. The molecule has 2 aliphatic heterocycles. The summed E-state index contributed by atoms with van der Waals surface area (Å²) >= 11 is 0. The van der Waals surface area contributed by atoms with Gasteiger partial charge in [0, 0.05) is 43.6 Å². The van der Waals surface area contributed by atoms with Crippen LogP contribution in [0.2, 0.25) is 0 Å². The number of likely N-dealkylation sites (tertiary alicyclic amines) is 1. The van der Waals surface area contributed by atoms with Gasteiger partial charge >= 0.3 is 0 Å². The van der Waals surface area contributed by atoms with Crippen LogP contribution < -0.4 is 5.32 Å². The van der Waals surface area contributed by atoms with Crippen molar-refractivity contribution in [2.45, 2.75) is 45.9 Å². The molecule has 0 spiro atoms. The highest BCUT2D eigenvalue weighted by atomic mass is 16.5. The van der Waals surface area contributed by atoms with E-state index in [0.717, 1.165) is 25.0 Å². The fraction of sp³-hybridized carbons (Fsp3) is 1.00. The van der Waals surface area contributed by atoms with E-state index in [-0.39, 0.29) is 0 Å². The van der Waals surface area contributed by atoms with Crippen molar-refractivity contribution < 1.29 is 4.74 Å². The van der Waals surface area contributed by atoms with Crippen molar-refractivity contribution in [3.05, 3.63) is 0 Å². The van der Waals surface area contributed by atoms with E-state index < -0.39 is 0 Å². The summed E-state index contributed by atoms with van der Waals surface area (Å²) in [4.78, 5) is 2.60. The number of fused-ring (bicyclic) bond motifs is 1. The molecule has 3 nitrogen and oxygen atoms in total. The normalized spacial score (nSPS) is 35.2. The average Bonchev–Trinajstić information content (AvgIpc) is 2.73. The average molecular weight is 226 g/mol. The lowest BCUT2D eigenvalue weighted by atomic mass is 9.94. The zero-order chi connectivity index (χ0) is 11.7. The molecule has 3 heteroatoms. The molecule has 2 fully saturated rings. The van der Waals surface area contributed by atoms with Crippen LogP contribution in [0.4, 0.5) is 0 Å². The molecule has 3 atom stereocenters. The van der Waals surface area contributed by atoms with Crippen molar-refractivity contribution in [1.82, 2.24) is 10.2 Å². The molecule has 0 aromatic heterocycles. The molecular formula is C13H26N2O. The molecule has 0 aliphatic carbocycles. The van der Waals surface area contributed by atoms with E-state index in [2.05, 4.69) is 37.9 Å². The summed E-state index contributed by atoms with van der Waals surface area (Å²) in [6.45, 7) is 13.4. The molecule has 2 aliphatic rings. The Hall–Kier alpha value is -0.120. The van der Waals surface area contributed by atoms with Gasteiger partial charge in [0.05, 0.1) is 12.7 Å². The number of rotatable bonds is 4. The van der Waals surface area contributed by atoms with Gasteiger partial charge in [-0.15, -0.1) is 0 Å². The lowest BCUT2D eigenvalue weighted by Crippen LogP contribution is -2.37. The fourth-order valence-electron chi connectivity index (χ4n) is 2.88. The van der Waals surface area contributed by atoms with Crippen LogP contribution in [0.25, 0.3) is 0 Å². The lowest BCUT2D eigenvalue weighted by molar-refractivity contribution is 0.0698. The smallest absolute Gasteiger partial charge is 0.0743 e. The second kappa shape index (κ2) is 5.03. The molecule has 0 bridgehead atoms. The third kappa shape index (κ3) is 2.58. The van der Waals surface area contributed by atoms with Gasteiger partial charge in [0.15, 0.2) is 0 Å². The molecule has 0 radical (unpaired) electrons. The SMILES string of the molecule is CC(C)NCC1OCC2CN(C(C)C)CC21. The van der Waals surface area contributed by atoms with E-state index in [4.69, 9.17) is 4.74 Å². The van der Waals surface area contributed by atoms with Crippen LogP contribution in [0, 0.1) is 11.8 Å². The minimum Gasteiger partial charge on any atom is -0.376 e. The van der Waals surface area contributed by atoms with Crippen LogP contribution in [-0.2, 0) is 4.74 Å². The number of nitrogens with one attached hydrogen (secondary N) is 1. The van der Waals surface area contributed by atoms with Crippen LogP contribution >= 0.6 is 0 Å². The van der Waals surface area contributed by atoms with Crippen molar-refractivity contribution in [1.29, 1.82) is 0 Å². The second-order valence-corrected chi connectivity index (χ2v) is 5.91. The van der Waals surface area contributed by atoms with E-state index in [0.29, 0.717) is 18.2 Å². The summed E-state index contributed by atoms with van der Waals surface area (Å²) in [7, 11) is 0. The summed E-state index contributed by atoms with van der Waals surface area (Å²) < 4.78 is 5.91. The topological polar surface area (TPSA) is 24.5 Å².